The lowest BCUT2D eigenvalue weighted by molar-refractivity contribution is 0.387. The van der Waals surface area contributed by atoms with Crippen LogP contribution in [0.5, 0.6) is 5.75 Å². The highest BCUT2D eigenvalue weighted by Crippen LogP contribution is 2.26. The van der Waals surface area contributed by atoms with Crippen LogP contribution in [0, 0.1) is 11.6 Å². The second kappa shape index (κ2) is 4.31. The van der Waals surface area contributed by atoms with Gasteiger partial charge in [-0.3, -0.25) is 0 Å². The molecule has 0 aliphatic carbocycles. The lowest BCUT2D eigenvalue weighted by atomic mass is 10.1. The SMILES string of the molecule is COc1cc(-c2cccc(F)c2)ccc1F. The summed E-state index contributed by atoms with van der Waals surface area (Å²) >= 11 is 0. The number of methoxy groups -OCH3 is 1. The van der Waals surface area contributed by atoms with Crippen molar-refractivity contribution < 1.29 is 13.5 Å². The van der Waals surface area contributed by atoms with Crippen LogP contribution in [0.1, 0.15) is 0 Å². The van der Waals surface area contributed by atoms with Crippen LogP contribution in [-0.2, 0) is 0 Å². The molecule has 0 atom stereocenters. The van der Waals surface area contributed by atoms with E-state index in [2.05, 4.69) is 0 Å². The van der Waals surface area contributed by atoms with Crippen molar-refractivity contribution >= 4 is 0 Å². The summed E-state index contributed by atoms with van der Waals surface area (Å²) in [6.45, 7) is 0. The summed E-state index contributed by atoms with van der Waals surface area (Å²) in [5, 5.41) is 0. The van der Waals surface area contributed by atoms with Gasteiger partial charge in [0.05, 0.1) is 7.11 Å². The van der Waals surface area contributed by atoms with Gasteiger partial charge in [-0.1, -0.05) is 18.2 Å². The van der Waals surface area contributed by atoms with Crippen LogP contribution in [0.25, 0.3) is 11.1 Å². The van der Waals surface area contributed by atoms with E-state index in [9.17, 15) is 8.78 Å². The molecule has 0 spiro atoms. The van der Waals surface area contributed by atoms with Gasteiger partial charge in [-0.05, 0) is 35.4 Å². The summed E-state index contributed by atoms with van der Waals surface area (Å²) in [5.74, 6) is -0.592. The summed E-state index contributed by atoms with van der Waals surface area (Å²) in [5.41, 5.74) is 1.41. The lowest BCUT2D eigenvalue weighted by Gasteiger charge is -2.06. The zero-order chi connectivity index (χ0) is 11.5. The van der Waals surface area contributed by atoms with Crippen LogP contribution >= 0.6 is 0 Å². The highest BCUT2D eigenvalue weighted by atomic mass is 19.1. The zero-order valence-corrected chi connectivity index (χ0v) is 8.71. The second-order valence-electron chi connectivity index (χ2n) is 3.36. The molecule has 0 aliphatic heterocycles. The van der Waals surface area contributed by atoms with Gasteiger partial charge in [0.15, 0.2) is 11.6 Å². The van der Waals surface area contributed by atoms with Crippen molar-refractivity contribution in [3.05, 3.63) is 54.1 Å². The van der Waals surface area contributed by atoms with E-state index in [-0.39, 0.29) is 11.6 Å². The third kappa shape index (κ3) is 2.03. The molecule has 3 heteroatoms. The van der Waals surface area contributed by atoms with E-state index in [4.69, 9.17) is 4.74 Å². The van der Waals surface area contributed by atoms with Crippen molar-refractivity contribution in [2.24, 2.45) is 0 Å². The third-order valence-corrected chi connectivity index (χ3v) is 2.31. The first-order valence-corrected chi connectivity index (χ1v) is 4.80. The van der Waals surface area contributed by atoms with Gasteiger partial charge in [0, 0.05) is 0 Å². The summed E-state index contributed by atoms with van der Waals surface area (Å²) in [6, 6.07) is 10.6. The molecule has 0 radical (unpaired) electrons. The standard InChI is InChI=1S/C13H10F2O/c1-16-13-8-10(5-6-12(13)15)9-3-2-4-11(14)7-9/h2-8H,1H3. The zero-order valence-electron chi connectivity index (χ0n) is 8.71. The maximum Gasteiger partial charge on any atom is 0.165 e. The number of hydrogen-bond acceptors (Lipinski definition) is 1. The van der Waals surface area contributed by atoms with Crippen molar-refractivity contribution in [1.82, 2.24) is 0 Å². The Labute approximate surface area is 92.3 Å². The second-order valence-corrected chi connectivity index (χ2v) is 3.36. The molecule has 0 bridgehead atoms. The van der Waals surface area contributed by atoms with Crippen LogP contribution in [0.4, 0.5) is 8.78 Å². The van der Waals surface area contributed by atoms with Gasteiger partial charge in [0.1, 0.15) is 5.82 Å². The molecule has 0 aliphatic rings. The maximum absolute atomic E-state index is 13.2. The van der Waals surface area contributed by atoms with Crippen molar-refractivity contribution in [1.29, 1.82) is 0 Å². The van der Waals surface area contributed by atoms with Crippen molar-refractivity contribution in [3.8, 4) is 16.9 Å². The van der Waals surface area contributed by atoms with E-state index >= 15 is 0 Å². The Kier molecular flexibility index (Phi) is 2.86. The van der Waals surface area contributed by atoms with Crippen molar-refractivity contribution in [2.45, 2.75) is 0 Å². The normalized spacial score (nSPS) is 10.2. The number of rotatable bonds is 2. The predicted molar refractivity (Wildman–Crippen MR) is 58.3 cm³/mol. The summed E-state index contributed by atoms with van der Waals surface area (Å²) in [4.78, 5) is 0. The van der Waals surface area contributed by atoms with Crippen molar-refractivity contribution in [3.63, 3.8) is 0 Å². The molecule has 1 nitrogen and oxygen atoms in total. The van der Waals surface area contributed by atoms with Crippen LogP contribution in [0.15, 0.2) is 42.5 Å². The van der Waals surface area contributed by atoms with E-state index in [0.29, 0.717) is 5.56 Å². The van der Waals surface area contributed by atoms with E-state index in [1.54, 1.807) is 24.3 Å². The van der Waals surface area contributed by atoms with Gasteiger partial charge in [0.25, 0.3) is 0 Å². The molecule has 82 valence electrons. The summed E-state index contributed by atoms with van der Waals surface area (Å²) in [6.07, 6.45) is 0. The Balaban J connectivity index is 2.48. The third-order valence-electron chi connectivity index (χ3n) is 2.31. The van der Waals surface area contributed by atoms with Crippen molar-refractivity contribution in [2.75, 3.05) is 7.11 Å². The molecule has 2 aromatic rings. The fraction of sp³-hybridized carbons (Fsp3) is 0.0769. The highest BCUT2D eigenvalue weighted by Gasteiger charge is 2.05. The van der Waals surface area contributed by atoms with Gasteiger partial charge >= 0.3 is 0 Å². The summed E-state index contributed by atoms with van der Waals surface area (Å²) in [7, 11) is 1.40. The molecule has 0 amide bonds. The van der Waals surface area contributed by atoms with Crippen LogP contribution in [0.2, 0.25) is 0 Å². The van der Waals surface area contributed by atoms with E-state index < -0.39 is 5.82 Å². The Bertz CT molecular complexity index is 509. The fourth-order valence-electron chi connectivity index (χ4n) is 1.51. The molecular weight excluding hydrogens is 210 g/mol. The molecule has 0 saturated heterocycles. The molecule has 0 aromatic heterocycles. The minimum absolute atomic E-state index is 0.154. The first-order chi connectivity index (χ1) is 7.70. The number of benzene rings is 2. The Morgan fingerprint density at radius 2 is 1.69 bits per heavy atom. The quantitative estimate of drug-likeness (QED) is 0.750. The highest BCUT2D eigenvalue weighted by molar-refractivity contribution is 5.65. The smallest absolute Gasteiger partial charge is 0.165 e. The largest absolute Gasteiger partial charge is 0.494 e. The monoisotopic (exact) mass is 220 g/mol. The number of halogens is 2. The van der Waals surface area contributed by atoms with Gasteiger partial charge in [-0.25, -0.2) is 8.78 Å². The Hall–Kier alpha value is -1.90. The average Bonchev–Trinajstić information content (AvgIpc) is 2.29. The topological polar surface area (TPSA) is 9.23 Å². The summed E-state index contributed by atoms with van der Waals surface area (Å²) < 4.78 is 31.0. The molecule has 0 unspecified atom stereocenters. The van der Waals surface area contributed by atoms with Crippen LogP contribution < -0.4 is 4.74 Å². The first kappa shape index (κ1) is 10.6. The van der Waals surface area contributed by atoms with Gasteiger partial charge < -0.3 is 4.74 Å². The van der Waals surface area contributed by atoms with E-state index in [0.717, 1.165) is 5.56 Å². The Morgan fingerprint density at radius 1 is 0.938 bits per heavy atom. The first-order valence-electron chi connectivity index (χ1n) is 4.80. The van der Waals surface area contributed by atoms with Gasteiger partial charge in [0.2, 0.25) is 0 Å². The van der Waals surface area contributed by atoms with E-state index in [1.807, 2.05) is 0 Å². The molecule has 16 heavy (non-hydrogen) atoms. The lowest BCUT2D eigenvalue weighted by Crippen LogP contribution is -1.89. The van der Waals surface area contributed by atoms with Gasteiger partial charge in [-0.2, -0.15) is 0 Å². The predicted octanol–water partition coefficient (Wildman–Crippen LogP) is 3.64. The number of ether oxygens (including phenoxy) is 1. The minimum Gasteiger partial charge on any atom is -0.494 e. The average molecular weight is 220 g/mol. The Morgan fingerprint density at radius 3 is 2.38 bits per heavy atom. The fourth-order valence-corrected chi connectivity index (χ4v) is 1.51. The molecular formula is C13H10F2O. The molecule has 0 fully saturated rings. The molecule has 0 heterocycles. The van der Waals surface area contributed by atoms with Gasteiger partial charge in [-0.15, -0.1) is 0 Å². The van der Waals surface area contributed by atoms with Crippen LogP contribution in [-0.4, -0.2) is 7.11 Å². The maximum atomic E-state index is 13.2. The molecule has 0 N–H and O–H groups in total. The molecule has 0 saturated carbocycles. The minimum atomic E-state index is -0.428. The molecule has 2 aromatic carbocycles. The number of hydrogen-bond donors (Lipinski definition) is 0. The van der Waals surface area contributed by atoms with E-state index in [1.165, 1.54) is 25.3 Å². The molecule has 2 rings (SSSR count). The van der Waals surface area contributed by atoms with Crippen LogP contribution in [0.3, 0.4) is 0 Å².